The molecule has 2 aromatic heterocycles. The summed E-state index contributed by atoms with van der Waals surface area (Å²) in [6.45, 7) is 0. The molecule has 100 valence electrons. The molecule has 4 heteroatoms. The van der Waals surface area contributed by atoms with Gasteiger partial charge in [0.15, 0.2) is 5.78 Å². The van der Waals surface area contributed by atoms with E-state index >= 15 is 0 Å². The van der Waals surface area contributed by atoms with Crippen LogP contribution in [0.15, 0.2) is 29.8 Å². The predicted molar refractivity (Wildman–Crippen MR) is 76.7 cm³/mol. The molecule has 1 fully saturated rings. The summed E-state index contributed by atoms with van der Waals surface area (Å²) in [5, 5.41) is 6.52. The van der Waals surface area contributed by atoms with Crippen LogP contribution in [-0.2, 0) is 6.42 Å². The van der Waals surface area contributed by atoms with Crippen LogP contribution in [0, 0.1) is 0 Å². The largest absolute Gasteiger partial charge is 0.293 e. The van der Waals surface area contributed by atoms with Crippen molar-refractivity contribution in [2.75, 3.05) is 0 Å². The second-order valence-corrected chi connectivity index (χ2v) is 6.10. The molecule has 1 aliphatic carbocycles. The van der Waals surface area contributed by atoms with Crippen LogP contribution in [0.5, 0.6) is 0 Å². The smallest absolute Gasteiger partial charge is 0.178 e. The Balaban J connectivity index is 1.66. The topological polar surface area (TPSA) is 34.9 Å². The average molecular weight is 274 g/mol. The average Bonchev–Trinajstić information content (AvgIpc) is 3.11. The summed E-state index contributed by atoms with van der Waals surface area (Å²) in [7, 11) is 0. The van der Waals surface area contributed by atoms with Crippen LogP contribution >= 0.6 is 11.3 Å². The first kappa shape index (κ1) is 12.6. The number of ketones is 1. The van der Waals surface area contributed by atoms with Crippen LogP contribution in [0.25, 0.3) is 0 Å². The molecular formula is C15H18N2OS. The van der Waals surface area contributed by atoms with Gasteiger partial charge in [-0.25, -0.2) is 0 Å². The van der Waals surface area contributed by atoms with Gasteiger partial charge in [-0.1, -0.05) is 25.3 Å². The third-order valence-corrected chi connectivity index (χ3v) is 4.66. The summed E-state index contributed by atoms with van der Waals surface area (Å²) in [5.41, 5.74) is 0.893. The lowest BCUT2D eigenvalue weighted by molar-refractivity contribution is 0.0995. The van der Waals surface area contributed by atoms with Crippen molar-refractivity contribution < 1.29 is 4.79 Å². The fraction of sp³-hybridized carbons (Fsp3) is 0.467. The minimum atomic E-state index is 0.170. The van der Waals surface area contributed by atoms with E-state index in [2.05, 4.69) is 9.78 Å². The van der Waals surface area contributed by atoms with Crippen molar-refractivity contribution >= 4 is 17.1 Å². The number of Topliss-reactive ketones (excluding diaryl/α,β-unsaturated/α-hetero) is 1. The van der Waals surface area contributed by atoms with Crippen molar-refractivity contribution in [2.24, 2.45) is 0 Å². The predicted octanol–water partition coefficient (Wildman–Crippen LogP) is 3.88. The van der Waals surface area contributed by atoms with E-state index in [0.717, 1.165) is 10.6 Å². The molecular weight excluding hydrogens is 256 g/mol. The van der Waals surface area contributed by atoms with Crippen molar-refractivity contribution in [1.82, 2.24) is 9.78 Å². The Morgan fingerprint density at radius 1 is 1.32 bits per heavy atom. The molecule has 0 atom stereocenters. The van der Waals surface area contributed by atoms with Gasteiger partial charge < -0.3 is 0 Å². The molecule has 2 heterocycles. The molecule has 0 aliphatic heterocycles. The van der Waals surface area contributed by atoms with Crippen molar-refractivity contribution in [3.05, 3.63) is 40.3 Å². The molecule has 1 saturated carbocycles. The van der Waals surface area contributed by atoms with Crippen LogP contribution in [0.2, 0.25) is 0 Å². The Morgan fingerprint density at radius 2 is 2.16 bits per heavy atom. The maximum absolute atomic E-state index is 12.0. The lowest BCUT2D eigenvalue weighted by Crippen LogP contribution is -2.13. The van der Waals surface area contributed by atoms with E-state index in [0.29, 0.717) is 12.5 Å². The maximum Gasteiger partial charge on any atom is 0.178 e. The molecule has 0 aromatic carbocycles. The molecule has 0 unspecified atom stereocenters. The van der Waals surface area contributed by atoms with Gasteiger partial charge in [-0.05, 0) is 30.4 Å². The van der Waals surface area contributed by atoms with E-state index < -0.39 is 0 Å². The van der Waals surface area contributed by atoms with Gasteiger partial charge in [0, 0.05) is 6.20 Å². The third-order valence-electron chi connectivity index (χ3n) is 3.75. The molecule has 3 nitrogen and oxygen atoms in total. The summed E-state index contributed by atoms with van der Waals surface area (Å²) in [5.74, 6) is 0.170. The number of hydrogen-bond acceptors (Lipinski definition) is 3. The molecule has 0 amide bonds. The van der Waals surface area contributed by atoms with E-state index in [1.54, 1.807) is 0 Å². The molecule has 1 aliphatic rings. The third kappa shape index (κ3) is 2.95. The van der Waals surface area contributed by atoms with E-state index in [1.807, 2.05) is 29.8 Å². The van der Waals surface area contributed by atoms with Gasteiger partial charge in [-0.2, -0.15) is 5.10 Å². The van der Waals surface area contributed by atoms with Gasteiger partial charge in [0.25, 0.3) is 0 Å². The number of hydrogen-bond donors (Lipinski definition) is 0. The first-order valence-corrected chi connectivity index (χ1v) is 7.81. The van der Waals surface area contributed by atoms with Gasteiger partial charge in [0.2, 0.25) is 0 Å². The fourth-order valence-electron chi connectivity index (χ4n) is 2.71. The lowest BCUT2D eigenvalue weighted by atomic mass is 9.96. The van der Waals surface area contributed by atoms with E-state index in [-0.39, 0.29) is 5.78 Å². The van der Waals surface area contributed by atoms with Crippen molar-refractivity contribution in [3.8, 4) is 0 Å². The molecule has 19 heavy (non-hydrogen) atoms. The van der Waals surface area contributed by atoms with Crippen molar-refractivity contribution in [3.63, 3.8) is 0 Å². The highest BCUT2D eigenvalue weighted by Gasteiger charge is 2.17. The fourth-order valence-corrected chi connectivity index (χ4v) is 3.37. The number of nitrogens with zero attached hydrogens (tertiary/aromatic N) is 2. The second kappa shape index (κ2) is 5.70. The van der Waals surface area contributed by atoms with Crippen LogP contribution < -0.4 is 0 Å². The second-order valence-electron chi connectivity index (χ2n) is 5.16. The molecule has 0 saturated heterocycles. The van der Waals surface area contributed by atoms with Gasteiger partial charge >= 0.3 is 0 Å². The van der Waals surface area contributed by atoms with Crippen LogP contribution in [-0.4, -0.2) is 15.6 Å². The van der Waals surface area contributed by atoms with Gasteiger partial charge in [0.1, 0.15) is 0 Å². The van der Waals surface area contributed by atoms with Crippen molar-refractivity contribution in [1.29, 1.82) is 0 Å². The normalized spacial score (nSPS) is 16.6. The summed E-state index contributed by atoms with van der Waals surface area (Å²) < 4.78 is 2.07. The minimum Gasteiger partial charge on any atom is -0.293 e. The Labute approximate surface area is 117 Å². The molecule has 0 radical (unpaired) electrons. The molecule has 3 rings (SSSR count). The lowest BCUT2D eigenvalue weighted by Gasteiger charge is -2.21. The zero-order valence-electron chi connectivity index (χ0n) is 10.9. The maximum atomic E-state index is 12.0. The van der Waals surface area contributed by atoms with Crippen LogP contribution in [0.1, 0.15) is 53.5 Å². The van der Waals surface area contributed by atoms with E-state index in [9.17, 15) is 4.79 Å². The molecule has 0 spiro atoms. The van der Waals surface area contributed by atoms with Crippen LogP contribution in [0.3, 0.4) is 0 Å². The summed E-state index contributed by atoms with van der Waals surface area (Å²) in [4.78, 5) is 12.8. The van der Waals surface area contributed by atoms with Crippen LogP contribution in [0.4, 0.5) is 0 Å². The highest BCUT2D eigenvalue weighted by Crippen LogP contribution is 2.27. The number of carbonyl (C=O) groups excluding carboxylic acids is 1. The number of carbonyl (C=O) groups is 1. The summed E-state index contributed by atoms with van der Waals surface area (Å²) >= 11 is 1.50. The standard InChI is InChI=1S/C15H18N2OS/c18-14(15-7-4-10-19-15)11-12-8-9-17(16-12)13-5-2-1-3-6-13/h4,7-10,13H,1-3,5-6,11H2. The Bertz CT molecular complexity index is 538. The first-order chi connectivity index (χ1) is 9.33. The van der Waals surface area contributed by atoms with Gasteiger partial charge in [0.05, 0.1) is 23.0 Å². The summed E-state index contributed by atoms with van der Waals surface area (Å²) in [6.07, 6.45) is 8.84. The minimum absolute atomic E-state index is 0.170. The van der Waals surface area contributed by atoms with Gasteiger partial charge in [-0.15, -0.1) is 11.3 Å². The SMILES string of the molecule is O=C(Cc1ccn(C2CCCCC2)n1)c1cccs1. The first-order valence-electron chi connectivity index (χ1n) is 6.93. The molecule has 0 N–H and O–H groups in total. The van der Waals surface area contributed by atoms with Gasteiger partial charge in [-0.3, -0.25) is 9.48 Å². The zero-order chi connectivity index (χ0) is 13.1. The van der Waals surface area contributed by atoms with E-state index in [1.165, 1.54) is 43.4 Å². The highest BCUT2D eigenvalue weighted by atomic mass is 32.1. The Kier molecular flexibility index (Phi) is 3.78. The van der Waals surface area contributed by atoms with E-state index in [4.69, 9.17) is 0 Å². The highest BCUT2D eigenvalue weighted by molar-refractivity contribution is 7.12. The monoisotopic (exact) mass is 274 g/mol. The summed E-state index contributed by atoms with van der Waals surface area (Å²) in [6, 6.07) is 6.32. The quantitative estimate of drug-likeness (QED) is 0.793. The number of rotatable bonds is 4. The number of thiophene rings is 1. The zero-order valence-corrected chi connectivity index (χ0v) is 11.7. The Morgan fingerprint density at radius 3 is 2.89 bits per heavy atom. The van der Waals surface area contributed by atoms with Crippen molar-refractivity contribution in [2.45, 2.75) is 44.6 Å². The molecule has 2 aromatic rings. The Hall–Kier alpha value is -1.42. The number of aromatic nitrogens is 2. The molecule has 0 bridgehead atoms.